The van der Waals surface area contributed by atoms with Gasteiger partial charge < -0.3 is 14.8 Å². The molecule has 6 heteroatoms. The maximum atomic E-state index is 6.07. The van der Waals surface area contributed by atoms with Crippen LogP contribution in [-0.2, 0) is 4.84 Å². The highest BCUT2D eigenvalue weighted by atomic mass is 35.5. The molecule has 0 spiro atoms. The Morgan fingerprint density at radius 2 is 1.96 bits per heavy atom. The van der Waals surface area contributed by atoms with Gasteiger partial charge in [-0.15, -0.1) is 0 Å². The van der Waals surface area contributed by atoms with Crippen molar-refractivity contribution in [2.75, 3.05) is 20.2 Å². The molecule has 0 bridgehead atoms. The van der Waals surface area contributed by atoms with Crippen LogP contribution >= 0.6 is 11.6 Å². The quantitative estimate of drug-likeness (QED) is 0.595. The smallest absolute Gasteiger partial charge is 0.168 e. The fraction of sp³-hybridized carbons (Fsp3) is 0.222. The predicted molar refractivity (Wildman–Crippen MR) is 93.9 cm³/mol. The number of halogens is 1. The number of hydrogen-bond acceptors (Lipinski definition) is 5. The summed E-state index contributed by atoms with van der Waals surface area (Å²) in [6, 6.07) is 15.1. The van der Waals surface area contributed by atoms with Gasteiger partial charge in [-0.25, -0.2) is 0 Å². The Labute approximate surface area is 146 Å². The maximum absolute atomic E-state index is 6.07. The molecule has 0 unspecified atom stereocenters. The van der Waals surface area contributed by atoms with Crippen LogP contribution in [0.5, 0.6) is 11.5 Å². The molecular formula is C18H19ClN2O3. The van der Waals surface area contributed by atoms with Crippen LogP contribution in [0.1, 0.15) is 5.56 Å². The van der Waals surface area contributed by atoms with E-state index >= 15 is 0 Å². The second-order valence-electron chi connectivity index (χ2n) is 5.31. The summed E-state index contributed by atoms with van der Waals surface area (Å²) in [4.78, 5) is 5.03. The Morgan fingerprint density at radius 3 is 2.62 bits per heavy atom. The van der Waals surface area contributed by atoms with E-state index in [1.165, 1.54) is 0 Å². The van der Waals surface area contributed by atoms with Gasteiger partial charge in [0.2, 0.25) is 0 Å². The first kappa shape index (κ1) is 16.6. The molecule has 1 aliphatic heterocycles. The van der Waals surface area contributed by atoms with E-state index in [0.717, 1.165) is 18.7 Å². The monoisotopic (exact) mass is 346 g/mol. The lowest BCUT2D eigenvalue weighted by Gasteiger charge is -2.28. The molecule has 0 aromatic heterocycles. The summed E-state index contributed by atoms with van der Waals surface area (Å²) >= 11 is 6.07. The predicted octanol–water partition coefficient (Wildman–Crippen LogP) is 3.22. The summed E-state index contributed by atoms with van der Waals surface area (Å²) in [5.41, 5.74) is 4.46. The molecule has 0 atom stereocenters. The molecule has 0 radical (unpaired) electrons. The molecule has 24 heavy (non-hydrogen) atoms. The van der Waals surface area contributed by atoms with Crippen LogP contribution in [0.4, 0.5) is 0 Å². The Hall–Kier alpha value is -2.21. The highest BCUT2D eigenvalue weighted by Gasteiger charge is 2.20. The number of hydroxylamine groups is 1. The first-order valence-corrected chi connectivity index (χ1v) is 8.02. The van der Waals surface area contributed by atoms with Crippen LogP contribution in [0.3, 0.4) is 0 Å². The summed E-state index contributed by atoms with van der Waals surface area (Å²) in [6.45, 7) is 1.64. The van der Waals surface area contributed by atoms with E-state index < -0.39 is 0 Å². The number of nitrogens with one attached hydrogen (secondary N) is 2. The number of benzene rings is 2. The van der Waals surface area contributed by atoms with Crippen LogP contribution in [-0.4, -0.2) is 26.3 Å². The maximum Gasteiger partial charge on any atom is 0.168 e. The van der Waals surface area contributed by atoms with Crippen molar-refractivity contribution < 1.29 is 14.3 Å². The van der Waals surface area contributed by atoms with Crippen molar-refractivity contribution in [3.63, 3.8) is 0 Å². The summed E-state index contributed by atoms with van der Waals surface area (Å²) < 4.78 is 11.7. The van der Waals surface area contributed by atoms with Gasteiger partial charge in [0.15, 0.2) is 11.5 Å². The van der Waals surface area contributed by atoms with Crippen molar-refractivity contribution in [1.29, 1.82) is 0 Å². The molecular weight excluding hydrogens is 328 g/mol. The van der Waals surface area contributed by atoms with Crippen LogP contribution in [0, 0.1) is 0 Å². The van der Waals surface area contributed by atoms with Crippen molar-refractivity contribution in [3.05, 3.63) is 65.4 Å². The van der Waals surface area contributed by atoms with Gasteiger partial charge in [-0.1, -0.05) is 41.9 Å². The van der Waals surface area contributed by atoms with Gasteiger partial charge in [0.1, 0.15) is 18.1 Å². The van der Waals surface area contributed by atoms with Gasteiger partial charge in [0.25, 0.3) is 0 Å². The van der Waals surface area contributed by atoms with Gasteiger partial charge in [0, 0.05) is 29.7 Å². The summed E-state index contributed by atoms with van der Waals surface area (Å²) in [6.07, 6.45) is 1.73. The lowest BCUT2D eigenvalue weighted by atomic mass is 10.2. The van der Waals surface area contributed by atoms with E-state index in [9.17, 15) is 0 Å². The standard InChI is InChI=1S/C18H19ClN2O3/c1-22-21-16(13-5-3-2-4-6-13)12-23-17-8-7-14(19)9-18(17)24-15-10-20-11-15/h2-9,12,15,20-21H,10-11H2,1H3. The minimum absolute atomic E-state index is 0.139. The van der Waals surface area contributed by atoms with E-state index in [0.29, 0.717) is 22.2 Å². The van der Waals surface area contributed by atoms with E-state index in [1.54, 1.807) is 31.6 Å². The SMILES string of the molecule is CONC(=COc1ccc(Cl)cc1OC1CNC1)c1ccccc1. The Morgan fingerprint density at radius 1 is 1.17 bits per heavy atom. The van der Waals surface area contributed by atoms with Crippen molar-refractivity contribution in [2.45, 2.75) is 6.10 Å². The highest BCUT2D eigenvalue weighted by Crippen LogP contribution is 2.32. The molecule has 0 aliphatic carbocycles. The average molecular weight is 347 g/mol. The van der Waals surface area contributed by atoms with Gasteiger partial charge in [-0.2, -0.15) is 0 Å². The highest BCUT2D eigenvalue weighted by molar-refractivity contribution is 6.30. The van der Waals surface area contributed by atoms with Crippen LogP contribution in [0.2, 0.25) is 5.02 Å². The minimum Gasteiger partial charge on any atom is -0.484 e. The van der Waals surface area contributed by atoms with E-state index in [4.69, 9.17) is 25.9 Å². The fourth-order valence-corrected chi connectivity index (χ4v) is 2.36. The van der Waals surface area contributed by atoms with Crippen LogP contribution < -0.4 is 20.3 Å². The average Bonchev–Trinajstić information content (AvgIpc) is 2.57. The first-order valence-electron chi connectivity index (χ1n) is 7.64. The van der Waals surface area contributed by atoms with E-state index in [-0.39, 0.29) is 6.10 Å². The largest absolute Gasteiger partial charge is 0.484 e. The minimum atomic E-state index is 0.139. The molecule has 1 aliphatic rings. The molecule has 1 fully saturated rings. The summed E-state index contributed by atoms with van der Waals surface area (Å²) in [5.74, 6) is 1.22. The van der Waals surface area contributed by atoms with Crippen LogP contribution in [0.15, 0.2) is 54.8 Å². The van der Waals surface area contributed by atoms with Gasteiger partial charge in [-0.3, -0.25) is 10.3 Å². The Balaban J connectivity index is 1.80. The fourth-order valence-electron chi connectivity index (χ4n) is 2.20. The van der Waals surface area contributed by atoms with Gasteiger partial charge in [-0.05, 0) is 12.1 Å². The van der Waals surface area contributed by atoms with E-state index in [1.807, 2.05) is 30.3 Å². The molecule has 0 saturated carbocycles. The third-order valence-corrected chi connectivity index (χ3v) is 3.78. The lowest BCUT2D eigenvalue weighted by molar-refractivity contribution is 0.133. The molecule has 126 valence electrons. The third kappa shape index (κ3) is 4.20. The topological polar surface area (TPSA) is 51.8 Å². The first-order chi connectivity index (χ1) is 11.8. The molecule has 2 aromatic rings. The zero-order valence-electron chi connectivity index (χ0n) is 13.3. The molecule has 3 rings (SSSR count). The van der Waals surface area contributed by atoms with Gasteiger partial charge in [0.05, 0.1) is 7.11 Å². The summed E-state index contributed by atoms with van der Waals surface area (Å²) in [7, 11) is 1.55. The van der Waals surface area contributed by atoms with Gasteiger partial charge >= 0.3 is 0 Å². The lowest BCUT2D eigenvalue weighted by Crippen LogP contribution is -2.50. The van der Waals surface area contributed by atoms with Crippen molar-refractivity contribution in [3.8, 4) is 11.5 Å². The summed E-state index contributed by atoms with van der Waals surface area (Å²) in [5, 5.41) is 3.77. The van der Waals surface area contributed by atoms with Crippen LogP contribution in [0.25, 0.3) is 5.70 Å². The molecule has 2 N–H and O–H groups in total. The zero-order chi connectivity index (χ0) is 16.8. The zero-order valence-corrected chi connectivity index (χ0v) is 14.0. The number of ether oxygens (including phenoxy) is 2. The van der Waals surface area contributed by atoms with E-state index in [2.05, 4.69) is 10.8 Å². The Kier molecular flexibility index (Phi) is 5.59. The van der Waals surface area contributed by atoms with Crippen molar-refractivity contribution in [2.24, 2.45) is 0 Å². The number of hydrogen-bond donors (Lipinski definition) is 2. The molecule has 5 nitrogen and oxygen atoms in total. The van der Waals surface area contributed by atoms with Crippen molar-refractivity contribution >= 4 is 17.3 Å². The molecule has 2 aromatic carbocycles. The van der Waals surface area contributed by atoms with Crippen molar-refractivity contribution in [1.82, 2.24) is 10.8 Å². The molecule has 1 saturated heterocycles. The molecule has 1 heterocycles. The second kappa shape index (κ2) is 8.06. The normalized spacial score (nSPS) is 14.8. The third-order valence-electron chi connectivity index (χ3n) is 3.54. The molecule has 0 amide bonds. The second-order valence-corrected chi connectivity index (χ2v) is 5.75. The number of rotatable bonds is 7. The Bertz CT molecular complexity index is 703.